The summed E-state index contributed by atoms with van der Waals surface area (Å²) in [7, 11) is 3.55. The zero-order valence-electron chi connectivity index (χ0n) is 24.2. The molecule has 4 N–H and O–H groups in total. The Labute approximate surface area is 231 Å². The number of hydrogen-bond donors (Lipinski definition) is 3. The van der Waals surface area contributed by atoms with E-state index in [1.165, 1.54) is 6.33 Å². The second-order valence-electron chi connectivity index (χ2n) is 12.2. The fourth-order valence-corrected chi connectivity index (χ4v) is 5.68. The van der Waals surface area contributed by atoms with Crippen molar-refractivity contribution >= 4 is 23.5 Å². The molecule has 4 rings (SSSR count). The van der Waals surface area contributed by atoms with Gasteiger partial charge in [0.05, 0.1) is 24.0 Å². The SMILES string of the molecule is CNC(=O)CN(C)c1c(O[C@H]2CC[C@@H](NC(=O)OC(C)(C)C)CC2)ccc2c1CC(C)(C)c1c(N)ncnc1-2. The summed E-state index contributed by atoms with van der Waals surface area (Å²) >= 11 is 0. The smallest absolute Gasteiger partial charge is 0.407 e. The molecule has 0 aliphatic heterocycles. The van der Waals surface area contributed by atoms with Gasteiger partial charge in [-0.05, 0) is 76.0 Å². The fourth-order valence-electron chi connectivity index (χ4n) is 5.68. The van der Waals surface area contributed by atoms with E-state index in [0.717, 1.165) is 59.5 Å². The van der Waals surface area contributed by atoms with Gasteiger partial charge in [-0.1, -0.05) is 13.8 Å². The van der Waals surface area contributed by atoms with Gasteiger partial charge in [0.2, 0.25) is 5.91 Å². The minimum atomic E-state index is -0.527. The number of carbonyl (C=O) groups is 2. The topological polar surface area (TPSA) is 132 Å². The highest BCUT2D eigenvalue weighted by Gasteiger charge is 2.37. The average molecular weight is 539 g/mol. The summed E-state index contributed by atoms with van der Waals surface area (Å²) in [6.07, 6.45) is 5.01. The lowest BCUT2D eigenvalue weighted by Crippen LogP contribution is -2.42. The Morgan fingerprint density at radius 3 is 2.49 bits per heavy atom. The molecule has 1 aromatic heterocycles. The average Bonchev–Trinajstić information content (AvgIpc) is 2.83. The minimum Gasteiger partial charge on any atom is -0.488 e. The van der Waals surface area contributed by atoms with Crippen LogP contribution in [0.15, 0.2) is 18.5 Å². The van der Waals surface area contributed by atoms with E-state index < -0.39 is 5.60 Å². The standard InChI is InChI=1S/C29H42N6O4/c1-28(2,3)39-27(37)34-17-8-10-18(11-9-17)38-21-13-12-19-20(25(21)35(7)15-22(36)31-6)14-29(4,5)23-24(19)32-16-33-26(23)30/h12-13,16-18H,8-11,14-15H2,1-7H3,(H,31,36)(H,34,37)(H2,30,32,33)/t17-,18+. The lowest BCUT2D eigenvalue weighted by Gasteiger charge is -2.37. The van der Waals surface area contributed by atoms with Gasteiger partial charge in [-0.25, -0.2) is 14.8 Å². The zero-order valence-corrected chi connectivity index (χ0v) is 24.2. The molecule has 2 aliphatic carbocycles. The first-order valence-corrected chi connectivity index (χ1v) is 13.6. The molecule has 0 radical (unpaired) electrons. The molecule has 0 spiro atoms. The molecule has 0 atom stereocenters. The van der Waals surface area contributed by atoms with E-state index in [1.807, 2.05) is 44.9 Å². The minimum absolute atomic E-state index is 0.00579. The number of nitrogens with one attached hydrogen (secondary N) is 2. The van der Waals surface area contributed by atoms with Crippen molar-refractivity contribution in [2.75, 3.05) is 31.3 Å². The monoisotopic (exact) mass is 538 g/mol. The Balaban J connectivity index is 1.60. The maximum Gasteiger partial charge on any atom is 0.407 e. The van der Waals surface area contributed by atoms with Gasteiger partial charge in [0, 0.05) is 31.3 Å². The van der Waals surface area contributed by atoms with E-state index in [-0.39, 0.29) is 36.1 Å². The Kier molecular flexibility index (Phi) is 7.95. The van der Waals surface area contributed by atoms with Crippen molar-refractivity contribution in [1.29, 1.82) is 0 Å². The fraction of sp³-hybridized carbons (Fsp3) is 0.586. The first kappa shape index (κ1) is 28.4. The number of alkyl carbamates (subject to hydrolysis) is 1. The summed E-state index contributed by atoms with van der Waals surface area (Å²) in [4.78, 5) is 35.4. The molecular weight excluding hydrogens is 496 g/mol. The van der Waals surface area contributed by atoms with Crippen LogP contribution < -0.4 is 26.0 Å². The molecule has 212 valence electrons. The predicted octanol–water partition coefficient (Wildman–Crippen LogP) is 3.96. The molecule has 1 heterocycles. The Hall–Kier alpha value is -3.56. The van der Waals surface area contributed by atoms with Crippen LogP contribution in [-0.4, -0.2) is 60.4 Å². The van der Waals surface area contributed by atoms with Crippen molar-refractivity contribution in [1.82, 2.24) is 20.6 Å². The molecule has 2 aromatic rings. The Morgan fingerprint density at radius 1 is 1.15 bits per heavy atom. The number of rotatable bonds is 6. The van der Waals surface area contributed by atoms with Crippen molar-refractivity contribution in [3.8, 4) is 17.0 Å². The van der Waals surface area contributed by atoms with Crippen LogP contribution in [0.1, 0.15) is 71.4 Å². The van der Waals surface area contributed by atoms with E-state index in [9.17, 15) is 9.59 Å². The quantitative estimate of drug-likeness (QED) is 0.504. The van der Waals surface area contributed by atoms with Crippen LogP contribution in [0.5, 0.6) is 5.75 Å². The molecular formula is C29H42N6O4. The molecule has 0 bridgehead atoms. The van der Waals surface area contributed by atoms with Crippen molar-refractivity contribution < 1.29 is 19.1 Å². The number of likely N-dealkylation sites (N-methyl/N-ethyl adjacent to an activating group) is 2. The number of aromatic nitrogens is 2. The second kappa shape index (κ2) is 10.9. The highest BCUT2D eigenvalue weighted by atomic mass is 16.6. The van der Waals surface area contributed by atoms with Crippen LogP contribution in [0.4, 0.5) is 16.3 Å². The van der Waals surface area contributed by atoms with Crippen molar-refractivity contribution in [3.05, 3.63) is 29.6 Å². The van der Waals surface area contributed by atoms with Gasteiger partial charge in [-0.15, -0.1) is 0 Å². The molecule has 1 fully saturated rings. The van der Waals surface area contributed by atoms with Crippen LogP contribution in [0.2, 0.25) is 0 Å². The normalized spacial score (nSPS) is 19.8. The third-order valence-corrected chi connectivity index (χ3v) is 7.40. The number of ether oxygens (including phenoxy) is 2. The molecule has 2 amide bonds. The maximum absolute atomic E-state index is 12.4. The van der Waals surface area contributed by atoms with Crippen molar-refractivity contribution in [2.24, 2.45) is 0 Å². The summed E-state index contributed by atoms with van der Waals surface area (Å²) < 4.78 is 12.0. The van der Waals surface area contributed by atoms with Gasteiger partial charge in [0.15, 0.2) is 0 Å². The number of benzene rings is 1. The van der Waals surface area contributed by atoms with Crippen LogP contribution in [-0.2, 0) is 21.4 Å². The predicted molar refractivity (Wildman–Crippen MR) is 152 cm³/mol. The number of carbonyl (C=O) groups excluding carboxylic acids is 2. The van der Waals surface area contributed by atoms with E-state index in [2.05, 4.69) is 34.4 Å². The van der Waals surface area contributed by atoms with E-state index in [0.29, 0.717) is 12.2 Å². The highest BCUT2D eigenvalue weighted by Crippen LogP contribution is 2.49. The number of fused-ring (bicyclic) bond motifs is 3. The molecule has 1 saturated carbocycles. The molecule has 2 aliphatic rings. The largest absolute Gasteiger partial charge is 0.488 e. The summed E-state index contributed by atoms with van der Waals surface area (Å²) in [6.45, 7) is 10.0. The first-order chi connectivity index (χ1) is 18.3. The van der Waals surface area contributed by atoms with Crippen LogP contribution in [0.3, 0.4) is 0 Å². The number of amides is 2. The van der Waals surface area contributed by atoms with Gasteiger partial charge in [-0.3, -0.25) is 4.79 Å². The third-order valence-electron chi connectivity index (χ3n) is 7.40. The maximum atomic E-state index is 12.4. The van der Waals surface area contributed by atoms with Gasteiger partial charge in [0.25, 0.3) is 0 Å². The number of anilines is 2. The Bertz CT molecular complexity index is 1230. The van der Waals surface area contributed by atoms with Crippen LogP contribution >= 0.6 is 0 Å². The first-order valence-electron chi connectivity index (χ1n) is 13.6. The Morgan fingerprint density at radius 2 is 1.85 bits per heavy atom. The van der Waals surface area contributed by atoms with Crippen LogP contribution in [0.25, 0.3) is 11.3 Å². The lowest BCUT2D eigenvalue weighted by atomic mass is 9.71. The van der Waals surface area contributed by atoms with E-state index >= 15 is 0 Å². The van der Waals surface area contributed by atoms with Gasteiger partial charge in [-0.2, -0.15) is 0 Å². The lowest BCUT2D eigenvalue weighted by molar-refractivity contribution is -0.119. The number of nitrogens with two attached hydrogens (primary N) is 1. The molecule has 10 nitrogen and oxygen atoms in total. The number of hydrogen-bond acceptors (Lipinski definition) is 8. The summed E-state index contributed by atoms with van der Waals surface area (Å²) in [6, 6.07) is 4.07. The summed E-state index contributed by atoms with van der Waals surface area (Å²) in [5, 5.41) is 5.71. The van der Waals surface area contributed by atoms with Crippen molar-refractivity contribution in [3.63, 3.8) is 0 Å². The van der Waals surface area contributed by atoms with Crippen molar-refractivity contribution in [2.45, 2.75) is 89.9 Å². The number of nitrogen functional groups attached to an aromatic ring is 1. The molecule has 0 saturated heterocycles. The zero-order chi connectivity index (χ0) is 28.5. The van der Waals surface area contributed by atoms with Gasteiger partial charge < -0.3 is 30.7 Å². The van der Waals surface area contributed by atoms with E-state index in [4.69, 9.17) is 15.2 Å². The molecule has 39 heavy (non-hydrogen) atoms. The highest BCUT2D eigenvalue weighted by molar-refractivity contribution is 5.86. The summed E-state index contributed by atoms with van der Waals surface area (Å²) in [5.74, 6) is 1.15. The van der Waals surface area contributed by atoms with E-state index in [1.54, 1.807) is 7.05 Å². The van der Waals surface area contributed by atoms with Gasteiger partial charge in [0.1, 0.15) is 23.5 Å². The summed E-state index contributed by atoms with van der Waals surface area (Å²) in [5.41, 5.74) is 10.2. The second-order valence-corrected chi connectivity index (χ2v) is 12.2. The number of nitrogens with zero attached hydrogens (tertiary/aromatic N) is 3. The van der Waals surface area contributed by atoms with Gasteiger partial charge >= 0.3 is 6.09 Å². The third kappa shape index (κ3) is 6.37. The molecule has 10 heteroatoms. The molecule has 0 unspecified atom stereocenters. The van der Waals surface area contributed by atoms with Crippen LogP contribution in [0, 0.1) is 0 Å². The molecule has 1 aromatic carbocycles.